The van der Waals surface area contributed by atoms with Crippen LogP contribution < -0.4 is 5.32 Å². The average Bonchev–Trinajstić information content (AvgIpc) is 2.68. The van der Waals surface area contributed by atoms with Crippen molar-refractivity contribution in [2.45, 2.75) is 19.8 Å². The summed E-state index contributed by atoms with van der Waals surface area (Å²) in [6.07, 6.45) is 3.67. The Balaban J connectivity index is 3.08. The van der Waals surface area contributed by atoms with Crippen LogP contribution in [0, 0.1) is 0 Å². The lowest BCUT2D eigenvalue weighted by Crippen LogP contribution is -2.14. The number of nitrogens with one attached hydrogen (secondary N) is 1. The van der Waals surface area contributed by atoms with Crippen LogP contribution in [0.1, 0.15) is 25.3 Å². The van der Waals surface area contributed by atoms with Gasteiger partial charge in [-0.2, -0.15) is 9.78 Å². The third-order valence-corrected chi connectivity index (χ3v) is 2.55. The number of carbonyl (C=O) groups excluding carboxylic acids is 1. The monoisotopic (exact) mass is 240 g/mol. The molecule has 1 aromatic heterocycles. The molecule has 0 aliphatic carbocycles. The van der Waals surface area contributed by atoms with Gasteiger partial charge in [0, 0.05) is 5.56 Å². The number of anilines is 1. The van der Waals surface area contributed by atoms with Gasteiger partial charge in [-0.15, -0.1) is 11.8 Å². The van der Waals surface area contributed by atoms with Gasteiger partial charge < -0.3 is 5.32 Å². The summed E-state index contributed by atoms with van der Waals surface area (Å²) in [6, 6.07) is -0.462. The van der Waals surface area contributed by atoms with Gasteiger partial charge in [-0.3, -0.25) is 0 Å². The largest absolute Gasteiger partial charge is 0.369 e. The van der Waals surface area contributed by atoms with Gasteiger partial charge in [-0.25, -0.2) is 9.79 Å². The minimum absolute atomic E-state index is 0.302. The standard InChI is InChI=1S/C10H16N4OS/c1-7(2)8-5-13-14(10(15)11-3)9(8)12-6-16-4/h5,7,12H,3,6H2,1-2,4H3. The topological polar surface area (TPSA) is 59.3 Å². The molecule has 1 heterocycles. The van der Waals surface area contributed by atoms with Crippen molar-refractivity contribution < 1.29 is 4.79 Å². The first-order valence-corrected chi connectivity index (χ1v) is 6.33. The van der Waals surface area contributed by atoms with Crippen LogP contribution in [-0.2, 0) is 0 Å². The summed E-state index contributed by atoms with van der Waals surface area (Å²) < 4.78 is 1.25. The van der Waals surface area contributed by atoms with E-state index < -0.39 is 6.03 Å². The SMILES string of the molecule is C=NC(=O)n1ncc(C(C)C)c1NCSC. The minimum atomic E-state index is -0.462. The number of nitrogens with zero attached hydrogens (tertiary/aromatic N) is 3. The molecule has 0 saturated heterocycles. The van der Waals surface area contributed by atoms with Crippen LogP contribution in [-0.4, -0.2) is 34.7 Å². The molecule has 0 aliphatic heterocycles. The summed E-state index contributed by atoms with van der Waals surface area (Å²) >= 11 is 1.64. The summed E-state index contributed by atoms with van der Waals surface area (Å²) in [5, 5.41) is 7.19. The first-order chi connectivity index (χ1) is 7.61. The highest BCUT2D eigenvalue weighted by atomic mass is 32.2. The van der Waals surface area contributed by atoms with E-state index in [1.165, 1.54) is 4.68 Å². The number of rotatable bonds is 4. The van der Waals surface area contributed by atoms with Crippen molar-refractivity contribution in [3.05, 3.63) is 11.8 Å². The highest BCUT2D eigenvalue weighted by Crippen LogP contribution is 2.24. The second kappa shape index (κ2) is 5.69. The Kier molecular flexibility index (Phi) is 4.54. The molecule has 0 spiro atoms. The van der Waals surface area contributed by atoms with E-state index in [0.717, 1.165) is 11.4 Å². The van der Waals surface area contributed by atoms with Gasteiger partial charge in [0.15, 0.2) is 0 Å². The number of aliphatic imine (C=N–C) groups is 1. The lowest BCUT2D eigenvalue weighted by molar-refractivity contribution is 0.248. The molecular weight excluding hydrogens is 224 g/mol. The highest BCUT2D eigenvalue weighted by molar-refractivity contribution is 7.98. The van der Waals surface area contributed by atoms with E-state index in [-0.39, 0.29) is 0 Å². The summed E-state index contributed by atoms with van der Waals surface area (Å²) in [6.45, 7) is 7.33. The van der Waals surface area contributed by atoms with Crippen molar-refractivity contribution in [2.24, 2.45) is 4.99 Å². The van der Waals surface area contributed by atoms with Gasteiger partial charge in [0.1, 0.15) is 5.82 Å². The Hall–Kier alpha value is -1.30. The molecule has 0 aliphatic rings. The molecule has 16 heavy (non-hydrogen) atoms. The normalized spacial score (nSPS) is 10.5. The zero-order valence-corrected chi connectivity index (χ0v) is 10.5. The molecular formula is C10H16N4OS. The number of carbonyl (C=O) groups is 1. The molecule has 0 radical (unpaired) electrons. The lowest BCUT2D eigenvalue weighted by atomic mass is 10.1. The fourth-order valence-electron chi connectivity index (χ4n) is 1.31. The van der Waals surface area contributed by atoms with Gasteiger partial charge in [0.2, 0.25) is 0 Å². The van der Waals surface area contributed by atoms with Crippen LogP contribution in [0.15, 0.2) is 11.2 Å². The molecule has 0 saturated carbocycles. The molecule has 6 heteroatoms. The zero-order valence-electron chi connectivity index (χ0n) is 9.73. The molecule has 0 bridgehead atoms. The van der Waals surface area contributed by atoms with Crippen molar-refractivity contribution in [3.8, 4) is 0 Å². The van der Waals surface area contributed by atoms with Crippen molar-refractivity contribution in [1.29, 1.82) is 0 Å². The van der Waals surface area contributed by atoms with E-state index in [4.69, 9.17) is 0 Å². The van der Waals surface area contributed by atoms with Crippen molar-refractivity contribution in [2.75, 3.05) is 17.4 Å². The molecule has 88 valence electrons. The van der Waals surface area contributed by atoms with Crippen molar-refractivity contribution in [1.82, 2.24) is 9.78 Å². The van der Waals surface area contributed by atoms with E-state index in [1.807, 2.05) is 6.26 Å². The molecule has 1 aromatic rings. The summed E-state index contributed by atoms with van der Waals surface area (Å²) in [7, 11) is 0. The van der Waals surface area contributed by atoms with Crippen molar-refractivity contribution in [3.63, 3.8) is 0 Å². The van der Waals surface area contributed by atoms with Crippen LogP contribution in [0.2, 0.25) is 0 Å². The number of amides is 1. The van der Waals surface area contributed by atoms with E-state index in [1.54, 1.807) is 18.0 Å². The van der Waals surface area contributed by atoms with E-state index >= 15 is 0 Å². The Morgan fingerprint density at radius 1 is 1.75 bits per heavy atom. The lowest BCUT2D eigenvalue weighted by Gasteiger charge is -2.10. The van der Waals surface area contributed by atoms with Crippen LogP contribution in [0.3, 0.4) is 0 Å². The molecule has 0 atom stereocenters. The second-order valence-electron chi connectivity index (χ2n) is 3.57. The van der Waals surface area contributed by atoms with Crippen LogP contribution in [0.25, 0.3) is 0 Å². The molecule has 1 N–H and O–H groups in total. The molecule has 1 rings (SSSR count). The highest BCUT2D eigenvalue weighted by Gasteiger charge is 2.16. The Morgan fingerprint density at radius 2 is 2.44 bits per heavy atom. The third kappa shape index (κ3) is 2.63. The van der Waals surface area contributed by atoms with Gasteiger partial charge in [0.05, 0.1) is 12.1 Å². The van der Waals surface area contributed by atoms with E-state index in [0.29, 0.717) is 11.7 Å². The summed E-state index contributed by atoms with van der Waals surface area (Å²) in [5.41, 5.74) is 1.01. The number of hydrogen-bond donors (Lipinski definition) is 1. The minimum Gasteiger partial charge on any atom is -0.361 e. The van der Waals surface area contributed by atoms with Crippen LogP contribution in [0.4, 0.5) is 10.6 Å². The summed E-state index contributed by atoms with van der Waals surface area (Å²) in [4.78, 5) is 14.8. The summed E-state index contributed by atoms with van der Waals surface area (Å²) in [5.74, 6) is 1.73. The fraction of sp³-hybridized carbons (Fsp3) is 0.500. The van der Waals surface area contributed by atoms with E-state index in [9.17, 15) is 4.79 Å². The number of hydrogen-bond acceptors (Lipinski definition) is 4. The van der Waals surface area contributed by atoms with Gasteiger partial charge >= 0.3 is 6.03 Å². The zero-order chi connectivity index (χ0) is 12.1. The molecule has 5 nitrogen and oxygen atoms in total. The number of aromatic nitrogens is 2. The quantitative estimate of drug-likeness (QED) is 0.648. The maximum Gasteiger partial charge on any atom is 0.369 e. The maximum absolute atomic E-state index is 11.5. The Bertz CT molecular complexity index is 386. The fourth-order valence-corrected chi connectivity index (χ4v) is 1.59. The average molecular weight is 240 g/mol. The first-order valence-electron chi connectivity index (χ1n) is 4.93. The van der Waals surface area contributed by atoms with Gasteiger partial charge in [-0.05, 0) is 18.9 Å². The predicted molar refractivity (Wildman–Crippen MR) is 68.7 cm³/mol. The second-order valence-corrected chi connectivity index (χ2v) is 4.43. The molecule has 0 unspecified atom stereocenters. The third-order valence-electron chi connectivity index (χ3n) is 2.12. The van der Waals surface area contributed by atoms with Gasteiger partial charge in [-0.1, -0.05) is 13.8 Å². The molecule has 1 amide bonds. The van der Waals surface area contributed by atoms with Crippen LogP contribution >= 0.6 is 11.8 Å². The Labute approximate surface area is 99.3 Å². The Morgan fingerprint density at radius 3 is 2.94 bits per heavy atom. The first kappa shape index (κ1) is 12.8. The molecule has 0 fully saturated rings. The van der Waals surface area contributed by atoms with Crippen LogP contribution in [0.5, 0.6) is 0 Å². The maximum atomic E-state index is 11.5. The van der Waals surface area contributed by atoms with Gasteiger partial charge in [0.25, 0.3) is 0 Å². The van der Waals surface area contributed by atoms with Crippen molar-refractivity contribution >= 4 is 30.3 Å². The smallest absolute Gasteiger partial charge is 0.361 e. The van der Waals surface area contributed by atoms with E-state index in [2.05, 4.69) is 36.0 Å². The number of thioether (sulfide) groups is 1. The predicted octanol–water partition coefficient (Wildman–Crippen LogP) is 2.41. The molecule has 0 aromatic carbocycles.